The first-order chi connectivity index (χ1) is 6.36. The maximum absolute atomic E-state index is 11.4. The Hall–Kier alpha value is -0.830. The Morgan fingerprint density at radius 1 is 1.62 bits per heavy atom. The molecule has 1 N–H and O–H groups in total. The van der Waals surface area contributed by atoms with Crippen LogP contribution in [-0.2, 0) is 9.53 Å². The Balaban J connectivity index is 1.65. The summed E-state index contributed by atoms with van der Waals surface area (Å²) in [6, 6.07) is 0. The van der Waals surface area contributed by atoms with Crippen LogP contribution in [0.2, 0.25) is 0 Å². The zero-order chi connectivity index (χ0) is 9.10. The Morgan fingerprint density at radius 3 is 3.08 bits per heavy atom. The molecule has 2 aliphatic rings. The van der Waals surface area contributed by atoms with Crippen LogP contribution in [0.3, 0.4) is 0 Å². The summed E-state index contributed by atoms with van der Waals surface area (Å²) in [5.74, 6) is 1.48. The van der Waals surface area contributed by atoms with Crippen LogP contribution in [0.5, 0.6) is 0 Å². The van der Waals surface area contributed by atoms with Crippen LogP contribution in [-0.4, -0.2) is 25.5 Å². The van der Waals surface area contributed by atoms with Crippen molar-refractivity contribution in [2.75, 3.05) is 19.7 Å². The van der Waals surface area contributed by atoms with Gasteiger partial charge < -0.3 is 10.1 Å². The fraction of sp³-hybridized carbons (Fsp3) is 0.700. The zero-order valence-electron chi connectivity index (χ0n) is 7.71. The van der Waals surface area contributed by atoms with Gasteiger partial charge in [0.25, 0.3) is 0 Å². The molecule has 1 aliphatic carbocycles. The van der Waals surface area contributed by atoms with E-state index in [2.05, 4.69) is 5.32 Å². The molecule has 0 amide bonds. The second kappa shape index (κ2) is 3.92. The van der Waals surface area contributed by atoms with Gasteiger partial charge in [0.2, 0.25) is 5.78 Å². The fourth-order valence-corrected chi connectivity index (χ4v) is 1.41. The van der Waals surface area contributed by atoms with E-state index in [1.807, 2.05) is 6.08 Å². The third-order valence-corrected chi connectivity index (χ3v) is 2.40. The molecule has 0 spiro atoms. The molecule has 1 heterocycles. The average molecular weight is 181 g/mol. The minimum absolute atomic E-state index is 0.0955. The van der Waals surface area contributed by atoms with Gasteiger partial charge in [-0.05, 0) is 31.4 Å². The lowest BCUT2D eigenvalue weighted by molar-refractivity contribution is -0.117. The highest BCUT2D eigenvalue weighted by molar-refractivity contribution is 5.95. The molecule has 0 bridgehead atoms. The molecule has 0 atom stereocenters. The Bertz CT molecular complexity index is 231. The van der Waals surface area contributed by atoms with Crippen molar-refractivity contribution in [2.24, 2.45) is 5.92 Å². The molecule has 3 nitrogen and oxygen atoms in total. The summed E-state index contributed by atoms with van der Waals surface area (Å²) in [5, 5.41) is 3.15. The maximum atomic E-state index is 11.4. The van der Waals surface area contributed by atoms with Gasteiger partial charge in [-0.15, -0.1) is 0 Å². The predicted molar refractivity (Wildman–Crippen MR) is 49.3 cm³/mol. The largest absolute Gasteiger partial charge is 0.490 e. The average Bonchev–Trinajstić information content (AvgIpc) is 2.80. The van der Waals surface area contributed by atoms with Crippen molar-refractivity contribution in [3.63, 3.8) is 0 Å². The molecular weight excluding hydrogens is 166 g/mol. The van der Waals surface area contributed by atoms with Crippen LogP contribution < -0.4 is 5.32 Å². The van der Waals surface area contributed by atoms with Gasteiger partial charge in [-0.1, -0.05) is 0 Å². The number of ketones is 1. The zero-order valence-corrected chi connectivity index (χ0v) is 7.71. The molecule has 13 heavy (non-hydrogen) atoms. The van der Waals surface area contributed by atoms with Gasteiger partial charge in [0.15, 0.2) is 5.76 Å². The summed E-state index contributed by atoms with van der Waals surface area (Å²) in [4.78, 5) is 11.4. The van der Waals surface area contributed by atoms with Crippen molar-refractivity contribution in [2.45, 2.75) is 19.3 Å². The van der Waals surface area contributed by atoms with Crippen LogP contribution in [0.1, 0.15) is 19.3 Å². The molecule has 1 saturated carbocycles. The van der Waals surface area contributed by atoms with E-state index in [0.29, 0.717) is 18.9 Å². The first kappa shape index (κ1) is 8.75. The fourth-order valence-electron chi connectivity index (χ4n) is 1.41. The molecule has 2 rings (SSSR count). The van der Waals surface area contributed by atoms with E-state index < -0.39 is 0 Å². The second-order valence-corrected chi connectivity index (χ2v) is 3.70. The van der Waals surface area contributed by atoms with Gasteiger partial charge in [0.05, 0.1) is 13.2 Å². The number of nitrogens with one attached hydrogen (secondary N) is 1. The molecule has 0 unspecified atom stereocenters. The summed E-state index contributed by atoms with van der Waals surface area (Å²) in [6.45, 7) is 2.09. The highest BCUT2D eigenvalue weighted by atomic mass is 16.5. The van der Waals surface area contributed by atoms with Crippen LogP contribution in [0, 0.1) is 5.92 Å². The Labute approximate surface area is 78.1 Å². The summed E-state index contributed by atoms with van der Waals surface area (Å²) < 4.78 is 5.16. The van der Waals surface area contributed by atoms with E-state index in [1.165, 1.54) is 12.8 Å². The molecule has 0 aromatic carbocycles. The van der Waals surface area contributed by atoms with Gasteiger partial charge in [0, 0.05) is 6.42 Å². The standard InChI is InChI=1S/C10H15NO2/c12-9(10-2-1-5-13-10)7-11-6-8-3-4-8/h2,8,11H,1,3-7H2. The van der Waals surface area contributed by atoms with Crippen molar-refractivity contribution < 1.29 is 9.53 Å². The van der Waals surface area contributed by atoms with Crippen molar-refractivity contribution in [1.82, 2.24) is 5.32 Å². The Kier molecular flexibility index (Phi) is 2.64. The lowest BCUT2D eigenvalue weighted by atomic mass is 10.3. The molecular formula is C10H15NO2. The number of rotatable bonds is 5. The molecule has 0 aromatic rings. The lowest BCUT2D eigenvalue weighted by Gasteiger charge is -2.03. The smallest absolute Gasteiger partial charge is 0.210 e. The van der Waals surface area contributed by atoms with E-state index >= 15 is 0 Å². The summed E-state index contributed by atoms with van der Waals surface area (Å²) >= 11 is 0. The molecule has 0 aromatic heterocycles. The van der Waals surface area contributed by atoms with Crippen LogP contribution in [0.25, 0.3) is 0 Å². The van der Waals surface area contributed by atoms with Crippen molar-refractivity contribution >= 4 is 5.78 Å². The molecule has 3 heteroatoms. The third kappa shape index (κ3) is 2.56. The van der Waals surface area contributed by atoms with Crippen LogP contribution >= 0.6 is 0 Å². The molecule has 72 valence electrons. The molecule has 1 aliphatic heterocycles. The maximum Gasteiger partial charge on any atom is 0.210 e. The van der Waals surface area contributed by atoms with Gasteiger partial charge in [-0.3, -0.25) is 4.79 Å². The molecule has 0 radical (unpaired) electrons. The van der Waals surface area contributed by atoms with E-state index in [0.717, 1.165) is 18.9 Å². The molecule has 0 saturated heterocycles. The van der Waals surface area contributed by atoms with E-state index in [1.54, 1.807) is 0 Å². The highest BCUT2D eigenvalue weighted by Gasteiger charge is 2.21. The van der Waals surface area contributed by atoms with Crippen LogP contribution in [0.15, 0.2) is 11.8 Å². The number of carbonyl (C=O) groups excluding carboxylic acids is 1. The van der Waals surface area contributed by atoms with Crippen molar-refractivity contribution in [3.05, 3.63) is 11.8 Å². The number of carbonyl (C=O) groups is 1. The number of hydrogen-bond acceptors (Lipinski definition) is 3. The third-order valence-electron chi connectivity index (χ3n) is 2.40. The molecule has 1 fully saturated rings. The first-order valence-corrected chi connectivity index (χ1v) is 4.93. The Morgan fingerprint density at radius 2 is 2.46 bits per heavy atom. The van der Waals surface area contributed by atoms with Gasteiger partial charge in [-0.2, -0.15) is 0 Å². The summed E-state index contributed by atoms with van der Waals surface area (Å²) in [5.41, 5.74) is 0. The summed E-state index contributed by atoms with van der Waals surface area (Å²) in [6.07, 6.45) is 5.39. The van der Waals surface area contributed by atoms with E-state index in [-0.39, 0.29) is 5.78 Å². The summed E-state index contributed by atoms with van der Waals surface area (Å²) in [7, 11) is 0. The van der Waals surface area contributed by atoms with E-state index in [9.17, 15) is 4.79 Å². The predicted octanol–water partition coefficient (Wildman–Crippen LogP) is 0.859. The SMILES string of the molecule is O=C(CNCC1CC1)C1=CCCO1. The minimum Gasteiger partial charge on any atom is -0.490 e. The topological polar surface area (TPSA) is 38.3 Å². The number of hydrogen-bond donors (Lipinski definition) is 1. The van der Waals surface area contributed by atoms with Crippen molar-refractivity contribution in [3.8, 4) is 0 Å². The van der Waals surface area contributed by atoms with E-state index in [4.69, 9.17) is 4.74 Å². The number of Topliss-reactive ketones (excluding diaryl/α,β-unsaturated/α-hetero) is 1. The number of ether oxygens (including phenoxy) is 1. The van der Waals surface area contributed by atoms with Gasteiger partial charge in [-0.25, -0.2) is 0 Å². The highest BCUT2D eigenvalue weighted by Crippen LogP contribution is 2.27. The van der Waals surface area contributed by atoms with Gasteiger partial charge in [0.1, 0.15) is 0 Å². The second-order valence-electron chi connectivity index (χ2n) is 3.70. The quantitative estimate of drug-likeness (QED) is 0.683. The van der Waals surface area contributed by atoms with Crippen molar-refractivity contribution in [1.29, 1.82) is 0 Å². The normalized spacial score (nSPS) is 21.1. The van der Waals surface area contributed by atoms with Crippen LogP contribution in [0.4, 0.5) is 0 Å². The first-order valence-electron chi connectivity index (χ1n) is 4.93. The minimum atomic E-state index is 0.0955. The van der Waals surface area contributed by atoms with Gasteiger partial charge >= 0.3 is 0 Å². The lowest BCUT2D eigenvalue weighted by Crippen LogP contribution is -2.26. The monoisotopic (exact) mass is 181 g/mol.